The van der Waals surface area contributed by atoms with Crippen molar-refractivity contribution >= 4 is 32.0 Å². The molecule has 0 saturated heterocycles. The molecule has 0 spiro atoms. The van der Waals surface area contributed by atoms with Crippen molar-refractivity contribution in [1.82, 2.24) is 0 Å². The lowest BCUT2D eigenvalue weighted by Gasteiger charge is -1.93. The lowest BCUT2D eigenvalue weighted by molar-refractivity contribution is 0.102. The third kappa shape index (κ3) is 3.13. The highest BCUT2D eigenvalue weighted by atomic mass is 79.9. The van der Waals surface area contributed by atoms with E-state index in [1.54, 1.807) is 0 Å². The van der Waals surface area contributed by atoms with E-state index in [-0.39, 0.29) is 22.8 Å². The first-order valence-electron chi connectivity index (χ1n) is 3.13. The summed E-state index contributed by atoms with van der Waals surface area (Å²) in [4.78, 5) is 11.0. The van der Waals surface area contributed by atoms with Crippen molar-refractivity contribution in [2.45, 2.75) is 0 Å². The first-order valence-corrected chi connectivity index (χ1v) is 3.94. The van der Waals surface area contributed by atoms with Crippen LogP contribution in [0.2, 0.25) is 0 Å². The number of carbonyl (C=O) groups excluding carboxylic acids is 1. The van der Waals surface area contributed by atoms with Crippen molar-refractivity contribution in [3.05, 3.63) is 35.9 Å². The number of carbonyl (C=O) groups is 1. The number of hydrogen-bond acceptors (Lipinski definition) is 1. The van der Waals surface area contributed by atoms with Crippen LogP contribution in [0.25, 0.3) is 0 Å². The molecule has 1 atom stereocenters. The number of halogens is 1. The molecule has 0 heterocycles. The predicted octanol–water partition coefficient (Wildman–Crippen LogP) is 2.32. The van der Waals surface area contributed by atoms with E-state index in [9.17, 15) is 4.79 Å². The Bertz CT molecular complexity index is 223. The normalized spacial score (nSPS) is 8.45. The van der Waals surface area contributed by atoms with E-state index in [1.165, 1.54) is 0 Å². The second kappa shape index (κ2) is 5.45. The minimum atomic E-state index is 0. The van der Waals surface area contributed by atoms with E-state index in [1.807, 2.05) is 30.3 Å². The molecule has 11 heavy (non-hydrogen) atoms. The summed E-state index contributed by atoms with van der Waals surface area (Å²) < 4.78 is 0. The van der Waals surface area contributed by atoms with Gasteiger partial charge in [-0.25, -0.2) is 0 Å². The fourth-order valence-electron chi connectivity index (χ4n) is 0.742. The average molecular weight is 233 g/mol. The quantitative estimate of drug-likeness (QED) is 0.565. The lowest BCUT2D eigenvalue weighted by Crippen LogP contribution is -1.98. The van der Waals surface area contributed by atoms with E-state index in [0.29, 0.717) is 6.16 Å². The van der Waals surface area contributed by atoms with Gasteiger partial charge in [0.2, 0.25) is 0 Å². The van der Waals surface area contributed by atoms with Gasteiger partial charge in [-0.3, -0.25) is 4.79 Å². The maximum absolute atomic E-state index is 11.0. The molecule has 0 aliphatic heterocycles. The average Bonchev–Trinajstić information content (AvgIpc) is 2.05. The highest BCUT2D eigenvalue weighted by molar-refractivity contribution is 8.93. The smallest absolute Gasteiger partial charge is 0.166 e. The van der Waals surface area contributed by atoms with Crippen LogP contribution in [0.4, 0.5) is 0 Å². The Hall–Kier alpha value is -0.200. The molecule has 0 aliphatic rings. The minimum Gasteiger partial charge on any atom is -0.294 e. The Labute approximate surface area is 79.2 Å². The van der Waals surface area contributed by atoms with Crippen LogP contribution in [-0.4, -0.2) is 11.9 Å². The van der Waals surface area contributed by atoms with Crippen LogP contribution >= 0.6 is 26.2 Å². The Morgan fingerprint density at radius 3 is 2.27 bits per heavy atom. The maximum Gasteiger partial charge on any atom is 0.166 e. The zero-order chi connectivity index (χ0) is 7.40. The summed E-state index contributed by atoms with van der Waals surface area (Å²) in [5.74, 6) is 0.172. The molecule has 1 unspecified atom stereocenters. The first kappa shape index (κ1) is 10.8. The fourth-order valence-corrected chi connectivity index (χ4v) is 0.978. The van der Waals surface area contributed by atoms with Gasteiger partial charge in [-0.05, 0) is 0 Å². The molecular formula is C8H10BrOP. The Balaban J connectivity index is 0.000001000. The summed E-state index contributed by atoms with van der Waals surface area (Å²) >= 11 is 0. The van der Waals surface area contributed by atoms with Crippen molar-refractivity contribution in [2.24, 2.45) is 0 Å². The van der Waals surface area contributed by atoms with Gasteiger partial charge in [0.15, 0.2) is 5.78 Å². The Morgan fingerprint density at radius 1 is 1.27 bits per heavy atom. The number of ketones is 1. The van der Waals surface area contributed by atoms with Gasteiger partial charge < -0.3 is 0 Å². The number of rotatable bonds is 2. The van der Waals surface area contributed by atoms with Gasteiger partial charge >= 0.3 is 0 Å². The molecule has 1 aromatic carbocycles. The standard InChI is InChI=1S/C8H9OP.BrH/c9-8(6-10)7-4-2-1-3-5-7;/h1-5H,6,10H2;1H. The maximum atomic E-state index is 11.0. The molecule has 0 bridgehead atoms. The molecular weight excluding hydrogens is 223 g/mol. The first-order chi connectivity index (χ1) is 4.84. The van der Waals surface area contributed by atoms with E-state index < -0.39 is 0 Å². The van der Waals surface area contributed by atoms with Gasteiger partial charge in [0, 0.05) is 11.7 Å². The summed E-state index contributed by atoms with van der Waals surface area (Å²) in [7, 11) is 2.42. The largest absolute Gasteiger partial charge is 0.294 e. The highest BCUT2D eigenvalue weighted by Crippen LogP contribution is 2.01. The third-order valence-electron chi connectivity index (χ3n) is 1.28. The third-order valence-corrected chi connectivity index (χ3v) is 1.65. The lowest BCUT2D eigenvalue weighted by atomic mass is 10.2. The summed E-state index contributed by atoms with van der Waals surface area (Å²) in [5, 5.41) is 0. The van der Waals surface area contributed by atoms with Gasteiger partial charge in [-0.1, -0.05) is 30.3 Å². The van der Waals surface area contributed by atoms with Gasteiger partial charge in [0.1, 0.15) is 0 Å². The van der Waals surface area contributed by atoms with Crippen LogP contribution in [0.15, 0.2) is 30.3 Å². The van der Waals surface area contributed by atoms with E-state index in [4.69, 9.17) is 0 Å². The van der Waals surface area contributed by atoms with Gasteiger partial charge in [0.25, 0.3) is 0 Å². The Morgan fingerprint density at radius 2 is 1.82 bits per heavy atom. The number of Topliss-reactive ketones (excluding diaryl/α,β-unsaturated/α-hetero) is 1. The molecule has 0 aromatic heterocycles. The monoisotopic (exact) mass is 232 g/mol. The zero-order valence-electron chi connectivity index (χ0n) is 5.99. The van der Waals surface area contributed by atoms with Gasteiger partial charge in [0.05, 0.1) is 0 Å². The summed E-state index contributed by atoms with van der Waals surface area (Å²) in [6.45, 7) is 0. The second-order valence-corrected chi connectivity index (χ2v) is 2.40. The van der Waals surface area contributed by atoms with Crippen molar-refractivity contribution in [3.63, 3.8) is 0 Å². The van der Waals surface area contributed by atoms with Crippen LogP contribution < -0.4 is 0 Å². The SMILES string of the molecule is Br.O=C(CP)c1ccccc1. The molecule has 0 radical (unpaired) electrons. The molecule has 3 heteroatoms. The molecule has 60 valence electrons. The van der Waals surface area contributed by atoms with Crippen LogP contribution in [0.3, 0.4) is 0 Å². The molecule has 1 rings (SSSR count). The van der Waals surface area contributed by atoms with Crippen molar-refractivity contribution in [1.29, 1.82) is 0 Å². The number of benzene rings is 1. The molecule has 1 aromatic rings. The van der Waals surface area contributed by atoms with Gasteiger partial charge in [-0.2, -0.15) is 0 Å². The fraction of sp³-hybridized carbons (Fsp3) is 0.125. The molecule has 1 nitrogen and oxygen atoms in total. The zero-order valence-corrected chi connectivity index (χ0v) is 8.86. The van der Waals surface area contributed by atoms with Crippen molar-refractivity contribution in [2.75, 3.05) is 6.16 Å². The number of hydrogen-bond donors (Lipinski definition) is 0. The molecule has 0 fully saturated rings. The van der Waals surface area contributed by atoms with Crippen LogP contribution in [0.1, 0.15) is 10.4 Å². The van der Waals surface area contributed by atoms with E-state index >= 15 is 0 Å². The molecule has 0 amide bonds. The van der Waals surface area contributed by atoms with Crippen LogP contribution in [0, 0.1) is 0 Å². The summed E-state index contributed by atoms with van der Waals surface area (Å²) in [6.07, 6.45) is 0.504. The molecule has 0 saturated carbocycles. The summed E-state index contributed by atoms with van der Waals surface area (Å²) in [6, 6.07) is 9.29. The minimum absolute atomic E-state index is 0. The van der Waals surface area contributed by atoms with Crippen molar-refractivity contribution < 1.29 is 4.79 Å². The van der Waals surface area contributed by atoms with Gasteiger partial charge in [-0.15, -0.1) is 26.2 Å². The van der Waals surface area contributed by atoms with Crippen LogP contribution in [-0.2, 0) is 0 Å². The van der Waals surface area contributed by atoms with E-state index in [0.717, 1.165) is 5.56 Å². The predicted molar refractivity (Wildman–Crippen MR) is 55.7 cm³/mol. The second-order valence-electron chi connectivity index (χ2n) is 1.99. The highest BCUT2D eigenvalue weighted by Gasteiger charge is 1.98. The summed E-state index contributed by atoms with van der Waals surface area (Å²) in [5.41, 5.74) is 0.789. The molecule has 0 N–H and O–H groups in total. The van der Waals surface area contributed by atoms with Crippen LogP contribution in [0.5, 0.6) is 0 Å². The molecule has 0 aliphatic carbocycles. The van der Waals surface area contributed by atoms with E-state index in [2.05, 4.69) is 9.24 Å². The van der Waals surface area contributed by atoms with Crippen molar-refractivity contribution in [3.8, 4) is 0 Å². The topological polar surface area (TPSA) is 17.1 Å². The Kier molecular flexibility index (Phi) is 5.35.